The smallest absolute Gasteiger partial charge is 0.335 e. The Morgan fingerprint density at radius 3 is 2.56 bits per heavy atom. The number of carboxylic acid groups (broad SMARTS) is 1. The van der Waals surface area contributed by atoms with Crippen molar-refractivity contribution in [2.24, 2.45) is 0 Å². The van der Waals surface area contributed by atoms with Gasteiger partial charge in [-0.2, -0.15) is 0 Å². The molecular formula is C20H22N2O5. The molecule has 0 radical (unpaired) electrons. The van der Waals surface area contributed by atoms with Crippen molar-refractivity contribution in [3.05, 3.63) is 59.5 Å². The van der Waals surface area contributed by atoms with Crippen LogP contribution in [0.15, 0.2) is 47.1 Å². The Labute approximate surface area is 157 Å². The maximum atomic E-state index is 13.0. The number of benzene rings is 1. The lowest BCUT2D eigenvalue weighted by Crippen LogP contribution is -2.52. The SMILES string of the molecule is CN(Cc1ccc(C(=O)O)cc1)C(=O)C1CCCCN1C(=O)c1ccco1. The number of likely N-dealkylation sites (N-methyl/N-ethyl adjacent to an activating group) is 1. The third-order valence-electron chi connectivity index (χ3n) is 4.78. The average molecular weight is 370 g/mol. The van der Waals surface area contributed by atoms with E-state index in [-0.39, 0.29) is 23.1 Å². The van der Waals surface area contributed by atoms with E-state index in [9.17, 15) is 14.4 Å². The molecule has 7 nitrogen and oxygen atoms in total. The molecule has 1 aromatic carbocycles. The van der Waals surface area contributed by atoms with Crippen molar-refractivity contribution in [2.75, 3.05) is 13.6 Å². The van der Waals surface area contributed by atoms with Crippen molar-refractivity contribution in [1.82, 2.24) is 9.80 Å². The normalized spacial score (nSPS) is 16.8. The third-order valence-corrected chi connectivity index (χ3v) is 4.78. The number of carbonyl (C=O) groups is 3. The highest BCUT2D eigenvalue weighted by molar-refractivity contribution is 5.95. The number of nitrogens with zero attached hydrogens (tertiary/aromatic N) is 2. The molecule has 0 saturated carbocycles. The average Bonchev–Trinajstić information content (AvgIpc) is 3.22. The topological polar surface area (TPSA) is 91.1 Å². The summed E-state index contributed by atoms with van der Waals surface area (Å²) in [7, 11) is 1.69. The Kier molecular flexibility index (Phi) is 5.59. The Balaban J connectivity index is 1.70. The first-order chi connectivity index (χ1) is 13.0. The molecule has 27 heavy (non-hydrogen) atoms. The molecule has 142 valence electrons. The van der Waals surface area contributed by atoms with Gasteiger partial charge in [0.05, 0.1) is 11.8 Å². The molecule has 1 fully saturated rings. The quantitative estimate of drug-likeness (QED) is 0.874. The summed E-state index contributed by atoms with van der Waals surface area (Å²) in [5.74, 6) is -1.14. The molecule has 2 heterocycles. The highest BCUT2D eigenvalue weighted by Crippen LogP contribution is 2.22. The van der Waals surface area contributed by atoms with Crippen molar-refractivity contribution >= 4 is 17.8 Å². The van der Waals surface area contributed by atoms with Gasteiger partial charge >= 0.3 is 5.97 Å². The summed E-state index contributed by atoms with van der Waals surface area (Å²) in [6.45, 7) is 0.870. The molecule has 1 aliphatic rings. The van der Waals surface area contributed by atoms with Gasteiger partial charge in [-0.15, -0.1) is 0 Å². The number of furan rings is 1. The first-order valence-corrected chi connectivity index (χ1v) is 8.89. The van der Waals surface area contributed by atoms with Gasteiger partial charge in [-0.05, 0) is 49.1 Å². The molecule has 0 bridgehead atoms. The van der Waals surface area contributed by atoms with E-state index in [4.69, 9.17) is 9.52 Å². The molecule has 0 aliphatic carbocycles. The Hall–Kier alpha value is -3.09. The van der Waals surface area contributed by atoms with E-state index in [0.717, 1.165) is 18.4 Å². The Morgan fingerprint density at radius 1 is 1.19 bits per heavy atom. The Bertz CT molecular complexity index is 813. The highest BCUT2D eigenvalue weighted by atomic mass is 16.4. The minimum Gasteiger partial charge on any atom is -0.478 e. The molecule has 1 aromatic heterocycles. The third kappa shape index (κ3) is 4.19. The van der Waals surface area contributed by atoms with Crippen molar-refractivity contribution in [3.63, 3.8) is 0 Å². The van der Waals surface area contributed by atoms with Gasteiger partial charge in [0.1, 0.15) is 6.04 Å². The van der Waals surface area contributed by atoms with Crippen LogP contribution in [0, 0.1) is 0 Å². The Morgan fingerprint density at radius 2 is 1.93 bits per heavy atom. The van der Waals surface area contributed by atoms with E-state index in [2.05, 4.69) is 0 Å². The standard InChI is InChI=1S/C20H22N2O5/c1-21(13-14-7-9-15(10-8-14)20(25)26)18(23)16-5-2-3-11-22(16)19(24)17-6-4-12-27-17/h4,6-10,12,16H,2-3,5,11,13H2,1H3,(H,25,26). The second kappa shape index (κ2) is 8.07. The largest absolute Gasteiger partial charge is 0.478 e. The van der Waals surface area contributed by atoms with Crippen LogP contribution in [0.4, 0.5) is 0 Å². The van der Waals surface area contributed by atoms with Crippen LogP contribution in [0.5, 0.6) is 0 Å². The van der Waals surface area contributed by atoms with Gasteiger partial charge in [-0.3, -0.25) is 9.59 Å². The zero-order chi connectivity index (χ0) is 19.4. The maximum absolute atomic E-state index is 13.0. The monoisotopic (exact) mass is 370 g/mol. The number of aromatic carboxylic acids is 1. The number of carbonyl (C=O) groups excluding carboxylic acids is 2. The van der Waals surface area contributed by atoms with Crippen molar-refractivity contribution in [2.45, 2.75) is 31.8 Å². The lowest BCUT2D eigenvalue weighted by Gasteiger charge is -2.36. The molecule has 1 atom stereocenters. The van der Waals surface area contributed by atoms with Crippen molar-refractivity contribution in [1.29, 1.82) is 0 Å². The molecule has 1 aliphatic heterocycles. The summed E-state index contributed by atoms with van der Waals surface area (Å²) < 4.78 is 5.20. The van der Waals surface area contributed by atoms with E-state index < -0.39 is 12.0 Å². The predicted molar refractivity (Wildman–Crippen MR) is 97.3 cm³/mol. The molecule has 2 amide bonds. The van der Waals surface area contributed by atoms with E-state index in [0.29, 0.717) is 19.5 Å². The van der Waals surface area contributed by atoms with E-state index in [1.165, 1.54) is 18.4 Å². The number of likely N-dealkylation sites (tertiary alicyclic amines) is 1. The van der Waals surface area contributed by atoms with Crippen molar-refractivity contribution in [3.8, 4) is 0 Å². The zero-order valence-electron chi connectivity index (χ0n) is 15.1. The summed E-state index contributed by atoms with van der Waals surface area (Å²) in [5.41, 5.74) is 1.03. The van der Waals surface area contributed by atoms with Crippen molar-refractivity contribution < 1.29 is 23.9 Å². The van der Waals surface area contributed by atoms with Crippen LogP contribution in [0.2, 0.25) is 0 Å². The predicted octanol–water partition coefficient (Wildman–Crippen LogP) is 2.63. The maximum Gasteiger partial charge on any atom is 0.335 e. The van der Waals surface area contributed by atoms with Gasteiger partial charge in [-0.1, -0.05) is 12.1 Å². The van der Waals surface area contributed by atoms with E-state index in [1.54, 1.807) is 41.1 Å². The molecule has 3 rings (SSSR count). The van der Waals surface area contributed by atoms with Gasteiger partial charge in [0, 0.05) is 20.1 Å². The van der Waals surface area contributed by atoms with E-state index in [1.807, 2.05) is 0 Å². The molecule has 0 spiro atoms. The number of amides is 2. The molecule has 1 saturated heterocycles. The number of rotatable bonds is 5. The van der Waals surface area contributed by atoms with Crippen LogP contribution in [0.3, 0.4) is 0 Å². The van der Waals surface area contributed by atoms with Gasteiger partial charge in [0.15, 0.2) is 5.76 Å². The minimum absolute atomic E-state index is 0.128. The van der Waals surface area contributed by atoms with Gasteiger partial charge in [0.25, 0.3) is 5.91 Å². The van der Waals surface area contributed by atoms with E-state index >= 15 is 0 Å². The summed E-state index contributed by atoms with van der Waals surface area (Å²) in [5, 5.41) is 8.97. The van der Waals surface area contributed by atoms with Crippen LogP contribution in [0.25, 0.3) is 0 Å². The number of hydrogen-bond donors (Lipinski definition) is 1. The second-order valence-electron chi connectivity index (χ2n) is 6.68. The van der Waals surface area contributed by atoms with Crippen LogP contribution >= 0.6 is 0 Å². The zero-order valence-corrected chi connectivity index (χ0v) is 15.1. The van der Waals surface area contributed by atoms with Crippen LogP contribution < -0.4 is 0 Å². The highest BCUT2D eigenvalue weighted by Gasteiger charge is 2.35. The first-order valence-electron chi connectivity index (χ1n) is 8.89. The first kappa shape index (κ1) is 18.7. The summed E-state index contributed by atoms with van der Waals surface area (Å²) in [6.07, 6.45) is 3.81. The summed E-state index contributed by atoms with van der Waals surface area (Å²) in [6, 6.07) is 9.17. The van der Waals surface area contributed by atoms with Crippen LogP contribution in [0.1, 0.15) is 45.7 Å². The number of carboxylic acids is 1. The molecule has 1 unspecified atom stereocenters. The van der Waals surface area contributed by atoms with Crippen LogP contribution in [-0.4, -0.2) is 52.3 Å². The summed E-state index contributed by atoms with van der Waals surface area (Å²) >= 11 is 0. The lowest BCUT2D eigenvalue weighted by molar-refractivity contribution is -0.136. The fraction of sp³-hybridized carbons (Fsp3) is 0.350. The molecule has 2 aromatic rings. The molecular weight excluding hydrogens is 348 g/mol. The fourth-order valence-electron chi connectivity index (χ4n) is 3.33. The number of hydrogen-bond acceptors (Lipinski definition) is 4. The lowest BCUT2D eigenvalue weighted by atomic mass is 10.00. The molecule has 7 heteroatoms. The second-order valence-corrected chi connectivity index (χ2v) is 6.68. The number of piperidine rings is 1. The van der Waals surface area contributed by atoms with Gasteiger partial charge in [-0.25, -0.2) is 4.79 Å². The minimum atomic E-state index is -0.986. The van der Waals surface area contributed by atoms with Gasteiger partial charge in [0.2, 0.25) is 5.91 Å². The fourth-order valence-corrected chi connectivity index (χ4v) is 3.33. The molecule has 1 N–H and O–H groups in total. The van der Waals surface area contributed by atoms with Crippen LogP contribution in [-0.2, 0) is 11.3 Å². The summed E-state index contributed by atoms with van der Waals surface area (Å²) in [4.78, 5) is 39.7. The van der Waals surface area contributed by atoms with Gasteiger partial charge < -0.3 is 19.3 Å².